The van der Waals surface area contributed by atoms with Gasteiger partial charge in [0, 0.05) is 6.61 Å². The molecule has 0 aliphatic heterocycles. The third kappa shape index (κ3) is 1.94. The SMILES string of the molecule is OCCCC1(F)CCCC1. The lowest BCUT2D eigenvalue weighted by Crippen LogP contribution is -2.17. The highest BCUT2D eigenvalue weighted by atomic mass is 19.1. The van der Waals surface area contributed by atoms with Crippen LogP contribution in [0.4, 0.5) is 4.39 Å². The Hall–Kier alpha value is -0.110. The van der Waals surface area contributed by atoms with Gasteiger partial charge >= 0.3 is 0 Å². The molecule has 0 amide bonds. The van der Waals surface area contributed by atoms with Gasteiger partial charge in [-0.05, 0) is 25.7 Å². The van der Waals surface area contributed by atoms with Gasteiger partial charge in [0.15, 0.2) is 0 Å². The maximum Gasteiger partial charge on any atom is 0.111 e. The summed E-state index contributed by atoms with van der Waals surface area (Å²) in [6.45, 7) is 0.131. The second-order valence-corrected chi connectivity index (χ2v) is 3.19. The van der Waals surface area contributed by atoms with Crippen LogP contribution in [0.2, 0.25) is 0 Å². The van der Waals surface area contributed by atoms with Crippen LogP contribution in [0.1, 0.15) is 38.5 Å². The molecule has 0 aromatic heterocycles. The third-order valence-electron chi connectivity index (χ3n) is 2.28. The van der Waals surface area contributed by atoms with Crippen LogP contribution in [-0.2, 0) is 0 Å². The number of rotatable bonds is 3. The van der Waals surface area contributed by atoms with Gasteiger partial charge in [0.2, 0.25) is 0 Å². The summed E-state index contributed by atoms with van der Waals surface area (Å²) in [5, 5.41) is 8.47. The molecule has 0 radical (unpaired) electrons. The molecule has 0 unspecified atom stereocenters. The standard InChI is InChI=1S/C8H15FO/c9-8(6-3-7-10)4-1-2-5-8/h10H,1-7H2. The first-order valence-electron chi connectivity index (χ1n) is 4.07. The molecule has 1 aliphatic rings. The molecule has 10 heavy (non-hydrogen) atoms. The van der Waals surface area contributed by atoms with Gasteiger partial charge in [-0.25, -0.2) is 4.39 Å². The minimum atomic E-state index is -0.914. The largest absolute Gasteiger partial charge is 0.396 e. The number of hydrogen-bond donors (Lipinski definition) is 1. The Morgan fingerprint density at radius 3 is 2.40 bits per heavy atom. The van der Waals surface area contributed by atoms with Crippen molar-refractivity contribution in [1.29, 1.82) is 0 Å². The lowest BCUT2D eigenvalue weighted by molar-refractivity contribution is 0.141. The van der Waals surface area contributed by atoms with Crippen molar-refractivity contribution in [3.05, 3.63) is 0 Å². The summed E-state index contributed by atoms with van der Waals surface area (Å²) in [5.41, 5.74) is -0.914. The second-order valence-electron chi connectivity index (χ2n) is 3.19. The van der Waals surface area contributed by atoms with E-state index in [1.807, 2.05) is 0 Å². The molecule has 1 fully saturated rings. The van der Waals surface area contributed by atoms with E-state index in [4.69, 9.17) is 5.11 Å². The van der Waals surface area contributed by atoms with Gasteiger partial charge in [0.25, 0.3) is 0 Å². The minimum absolute atomic E-state index is 0.131. The lowest BCUT2D eigenvalue weighted by Gasteiger charge is -2.17. The van der Waals surface area contributed by atoms with Crippen LogP contribution >= 0.6 is 0 Å². The van der Waals surface area contributed by atoms with Crippen LogP contribution in [0, 0.1) is 0 Å². The van der Waals surface area contributed by atoms with Crippen molar-refractivity contribution >= 4 is 0 Å². The molecule has 60 valence electrons. The molecule has 1 nitrogen and oxygen atoms in total. The topological polar surface area (TPSA) is 20.2 Å². The summed E-state index contributed by atoms with van der Waals surface area (Å²) in [6, 6.07) is 0. The van der Waals surface area contributed by atoms with Crippen LogP contribution in [0.5, 0.6) is 0 Å². The maximum atomic E-state index is 13.4. The van der Waals surface area contributed by atoms with Crippen LogP contribution in [-0.4, -0.2) is 17.4 Å². The summed E-state index contributed by atoms with van der Waals surface area (Å²) < 4.78 is 13.4. The van der Waals surface area contributed by atoms with E-state index in [-0.39, 0.29) is 6.61 Å². The molecule has 1 aliphatic carbocycles. The Kier molecular flexibility index (Phi) is 2.66. The van der Waals surface area contributed by atoms with Crippen molar-refractivity contribution in [2.45, 2.75) is 44.2 Å². The summed E-state index contributed by atoms with van der Waals surface area (Å²) in [5.74, 6) is 0. The molecule has 2 heteroatoms. The van der Waals surface area contributed by atoms with Gasteiger partial charge in [-0.15, -0.1) is 0 Å². The summed E-state index contributed by atoms with van der Waals surface area (Å²) in [4.78, 5) is 0. The zero-order valence-electron chi connectivity index (χ0n) is 6.27. The molecule has 1 rings (SSSR count). The molecule has 0 spiro atoms. The van der Waals surface area contributed by atoms with Gasteiger partial charge in [-0.3, -0.25) is 0 Å². The molecule has 1 saturated carbocycles. The van der Waals surface area contributed by atoms with Crippen LogP contribution < -0.4 is 0 Å². The third-order valence-corrected chi connectivity index (χ3v) is 2.28. The fraction of sp³-hybridized carbons (Fsp3) is 1.00. The van der Waals surface area contributed by atoms with Crippen molar-refractivity contribution in [3.63, 3.8) is 0 Å². The molecule has 1 N–H and O–H groups in total. The van der Waals surface area contributed by atoms with E-state index >= 15 is 0 Å². The van der Waals surface area contributed by atoms with Gasteiger partial charge in [0.05, 0.1) is 0 Å². The van der Waals surface area contributed by atoms with Crippen molar-refractivity contribution < 1.29 is 9.50 Å². The number of aliphatic hydroxyl groups is 1. The Morgan fingerprint density at radius 1 is 1.30 bits per heavy atom. The van der Waals surface area contributed by atoms with E-state index in [0.717, 1.165) is 12.8 Å². The fourth-order valence-electron chi connectivity index (χ4n) is 1.65. The Bertz CT molecular complexity index is 97.4. The molecule has 0 aromatic carbocycles. The number of hydrogen-bond acceptors (Lipinski definition) is 1. The molecular weight excluding hydrogens is 131 g/mol. The molecule has 0 bridgehead atoms. The van der Waals surface area contributed by atoms with Gasteiger partial charge in [-0.2, -0.15) is 0 Å². The molecule has 0 heterocycles. The van der Waals surface area contributed by atoms with E-state index in [9.17, 15) is 4.39 Å². The normalized spacial score (nSPS) is 23.4. The van der Waals surface area contributed by atoms with Crippen LogP contribution in [0.15, 0.2) is 0 Å². The predicted octanol–water partition coefficient (Wildman–Crippen LogP) is 2.04. The number of alkyl halides is 1. The Balaban J connectivity index is 2.22. The van der Waals surface area contributed by atoms with Gasteiger partial charge < -0.3 is 5.11 Å². The monoisotopic (exact) mass is 146 g/mol. The van der Waals surface area contributed by atoms with E-state index in [1.54, 1.807) is 0 Å². The Labute approximate surface area is 61.2 Å². The van der Waals surface area contributed by atoms with E-state index in [1.165, 1.54) is 0 Å². The average molecular weight is 146 g/mol. The zero-order chi connectivity index (χ0) is 7.45. The molecular formula is C8H15FO. The minimum Gasteiger partial charge on any atom is -0.396 e. The van der Waals surface area contributed by atoms with Crippen molar-refractivity contribution in [3.8, 4) is 0 Å². The van der Waals surface area contributed by atoms with Crippen molar-refractivity contribution in [1.82, 2.24) is 0 Å². The van der Waals surface area contributed by atoms with E-state index < -0.39 is 5.67 Å². The smallest absolute Gasteiger partial charge is 0.111 e. The zero-order valence-corrected chi connectivity index (χ0v) is 6.27. The van der Waals surface area contributed by atoms with Crippen LogP contribution in [0.25, 0.3) is 0 Å². The summed E-state index contributed by atoms with van der Waals surface area (Å²) in [6.07, 6.45) is 4.67. The predicted molar refractivity (Wildman–Crippen MR) is 38.6 cm³/mol. The first-order chi connectivity index (χ1) is 4.77. The van der Waals surface area contributed by atoms with E-state index in [2.05, 4.69) is 0 Å². The highest BCUT2D eigenvalue weighted by molar-refractivity contribution is 4.84. The van der Waals surface area contributed by atoms with Gasteiger partial charge in [-0.1, -0.05) is 12.8 Å². The molecule has 0 saturated heterocycles. The summed E-state index contributed by atoms with van der Waals surface area (Å²) >= 11 is 0. The fourth-order valence-corrected chi connectivity index (χ4v) is 1.65. The lowest BCUT2D eigenvalue weighted by atomic mass is 9.98. The average Bonchev–Trinajstić information content (AvgIpc) is 2.33. The molecule has 0 aromatic rings. The van der Waals surface area contributed by atoms with Gasteiger partial charge in [0.1, 0.15) is 5.67 Å². The first kappa shape index (κ1) is 7.99. The molecule has 0 atom stereocenters. The maximum absolute atomic E-state index is 13.4. The Morgan fingerprint density at radius 2 is 1.90 bits per heavy atom. The first-order valence-corrected chi connectivity index (χ1v) is 4.07. The number of aliphatic hydroxyl groups excluding tert-OH is 1. The van der Waals surface area contributed by atoms with Crippen molar-refractivity contribution in [2.24, 2.45) is 0 Å². The second kappa shape index (κ2) is 3.33. The number of halogens is 1. The van der Waals surface area contributed by atoms with Crippen LogP contribution in [0.3, 0.4) is 0 Å². The van der Waals surface area contributed by atoms with Crippen molar-refractivity contribution in [2.75, 3.05) is 6.61 Å². The quantitative estimate of drug-likeness (QED) is 0.646. The summed E-state index contributed by atoms with van der Waals surface area (Å²) in [7, 11) is 0. The highest BCUT2D eigenvalue weighted by Crippen LogP contribution is 2.36. The highest BCUT2D eigenvalue weighted by Gasteiger charge is 2.32. The van der Waals surface area contributed by atoms with E-state index in [0.29, 0.717) is 25.7 Å².